The van der Waals surface area contributed by atoms with Crippen LogP contribution in [0, 0.1) is 11.3 Å². The molecule has 1 amide bonds. The molecular weight excluding hydrogens is 342 g/mol. The first-order chi connectivity index (χ1) is 11.9. The highest BCUT2D eigenvalue weighted by Gasteiger charge is 2.63. The van der Waals surface area contributed by atoms with E-state index < -0.39 is 10.0 Å². The summed E-state index contributed by atoms with van der Waals surface area (Å²) in [6.45, 7) is 2.44. The molecule has 4 rings (SSSR count). The van der Waals surface area contributed by atoms with Gasteiger partial charge in [0.2, 0.25) is 0 Å². The van der Waals surface area contributed by atoms with Crippen LogP contribution >= 0.6 is 0 Å². The van der Waals surface area contributed by atoms with Crippen LogP contribution in [0.5, 0.6) is 0 Å². The van der Waals surface area contributed by atoms with Gasteiger partial charge in [-0.1, -0.05) is 13.3 Å². The Labute approximate surface area is 147 Å². The molecule has 8 heteroatoms. The number of methoxy groups -OCH3 is 1. The quantitative estimate of drug-likeness (QED) is 0.799. The molecule has 4 aliphatic rings. The lowest BCUT2D eigenvalue weighted by atomic mass is 9.46. The maximum Gasteiger partial charge on any atom is 0.256 e. The maximum atomic E-state index is 12.7. The topological polar surface area (TPSA) is 88.1 Å². The Morgan fingerprint density at radius 1 is 1.40 bits per heavy atom. The third kappa shape index (κ3) is 2.54. The molecule has 25 heavy (non-hydrogen) atoms. The number of amides is 1. The number of amidine groups is 1. The molecule has 0 aromatic heterocycles. The van der Waals surface area contributed by atoms with Crippen molar-refractivity contribution in [2.45, 2.75) is 38.3 Å². The summed E-state index contributed by atoms with van der Waals surface area (Å²) in [6, 6.07) is 0.129. The zero-order valence-corrected chi connectivity index (χ0v) is 15.3. The molecule has 2 aliphatic carbocycles. The first-order valence-electron chi connectivity index (χ1n) is 8.69. The van der Waals surface area contributed by atoms with Crippen molar-refractivity contribution < 1.29 is 17.9 Å². The van der Waals surface area contributed by atoms with E-state index in [9.17, 15) is 13.2 Å². The van der Waals surface area contributed by atoms with Gasteiger partial charge in [0.25, 0.3) is 15.9 Å². The number of ether oxygens (including phenoxy) is 1. The zero-order chi connectivity index (χ0) is 17.8. The number of sulfonamides is 1. The number of fused-ring (bicyclic) bond motifs is 1. The second-order valence-electron chi connectivity index (χ2n) is 7.40. The smallest absolute Gasteiger partial charge is 0.256 e. The van der Waals surface area contributed by atoms with E-state index in [1.165, 1.54) is 6.42 Å². The van der Waals surface area contributed by atoms with Gasteiger partial charge in [-0.25, -0.2) is 8.42 Å². The Bertz CT molecular complexity index is 795. The first kappa shape index (κ1) is 16.8. The number of carbonyl (C=O) groups excluding carboxylic acids is 1. The van der Waals surface area contributed by atoms with Crippen molar-refractivity contribution >= 4 is 21.8 Å². The predicted octanol–water partition coefficient (Wildman–Crippen LogP) is 0.804. The van der Waals surface area contributed by atoms with Crippen molar-refractivity contribution in [2.75, 3.05) is 19.4 Å². The number of nitrogens with zero attached hydrogens (tertiary/aromatic N) is 2. The zero-order valence-electron chi connectivity index (χ0n) is 14.4. The standard InChI is InChI=1S/C17H23N3O4S/c1-11-14(17(6-3-7-17)15(11)24-2)18-16(21)12-4-5-13-19-25(22,23)9-8-20(13)10-12/h4-5,10-11,14-15H,3,6-9H2,1-2H3,(H,18,21)/t11-,14+,15+/m0/s1. The van der Waals surface area contributed by atoms with Gasteiger partial charge < -0.3 is 15.0 Å². The third-order valence-corrected chi connectivity index (χ3v) is 7.26. The summed E-state index contributed by atoms with van der Waals surface area (Å²) in [7, 11) is -1.63. The fourth-order valence-electron chi connectivity index (χ4n) is 4.75. The van der Waals surface area contributed by atoms with Crippen molar-refractivity contribution in [1.29, 1.82) is 0 Å². The molecule has 1 N–H and O–H groups in total. The number of carbonyl (C=O) groups is 1. The van der Waals surface area contributed by atoms with Crippen LogP contribution in [0.25, 0.3) is 0 Å². The minimum atomic E-state index is -3.38. The van der Waals surface area contributed by atoms with Crippen LogP contribution in [-0.2, 0) is 19.6 Å². The molecule has 0 unspecified atom stereocenters. The van der Waals surface area contributed by atoms with Crippen molar-refractivity contribution in [2.24, 2.45) is 15.7 Å². The van der Waals surface area contributed by atoms with E-state index in [0.29, 0.717) is 23.9 Å². The van der Waals surface area contributed by atoms with Crippen LogP contribution in [0.15, 0.2) is 28.3 Å². The highest BCUT2D eigenvalue weighted by Crippen LogP contribution is 2.59. The van der Waals surface area contributed by atoms with Crippen LogP contribution in [0.3, 0.4) is 0 Å². The predicted molar refractivity (Wildman–Crippen MR) is 93.3 cm³/mol. The Balaban J connectivity index is 1.48. The molecule has 1 spiro atoms. The van der Waals surface area contributed by atoms with Gasteiger partial charge >= 0.3 is 0 Å². The highest BCUT2D eigenvalue weighted by atomic mass is 32.2. The van der Waals surface area contributed by atoms with E-state index in [4.69, 9.17) is 4.74 Å². The largest absolute Gasteiger partial charge is 0.380 e. The molecule has 7 nitrogen and oxygen atoms in total. The normalized spacial score (nSPS) is 34.3. The summed E-state index contributed by atoms with van der Waals surface area (Å²) >= 11 is 0. The van der Waals surface area contributed by atoms with Crippen LogP contribution in [0.2, 0.25) is 0 Å². The maximum absolute atomic E-state index is 12.7. The summed E-state index contributed by atoms with van der Waals surface area (Å²) < 4.78 is 32.5. The van der Waals surface area contributed by atoms with Gasteiger partial charge in [-0.3, -0.25) is 4.79 Å². The number of rotatable bonds is 3. The Morgan fingerprint density at radius 3 is 2.80 bits per heavy atom. The molecule has 0 aromatic rings. The first-order valence-corrected chi connectivity index (χ1v) is 10.3. The van der Waals surface area contributed by atoms with Crippen molar-refractivity contribution in [3.05, 3.63) is 23.9 Å². The molecule has 2 fully saturated rings. The lowest BCUT2D eigenvalue weighted by Gasteiger charge is -2.64. The molecule has 3 atom stereocenters. The second kappa shape index (κ2) is 5.67. The highest BCUT2D eigenvalue weighted by molar-refractivity contribution is 7.90. The minimum Gasteiger partial charge on any atom is -0.380 e. The number of hydrogen-bond acceptors (Lipinski definition) is 5. The monoisotopic (exact) mass is 365 g/mol. The lowest BCUT2D eigenvalue weighted by Crippen LogP contribution is -2.72. The molecule has 0 aromatic carbocycles. The van der Waals surface area contributed by atoms with Crippen molar-refractivity contribution in [3.8, 4) is 0 Å². The van der Waals surface area contributed by atoms with E-state index in [1.807, 2.05) is 0 Å². The van der Waals surface area contributed by atoms with E-state index in [0.717, 1.165) is 12.8 Å². The van der Waals surface area contributed by atoms with Crippen molar-refractivity contribution in [1.82, 2.24) is 10.2 Å². The summed E-state index contributed by atoms with van der Waals surface area (Å²) in [6.07, 6.45) is 8.50. The van der Waals surface area contributed by atoms with E-state index >= 15 is 0 Å². The van der Waals surface area contributed by atoms with E-state index in [-0.39, 0.29) is 29.2 Å². The summed E-state index contributed by atoms with van der Waals surface area (Å²) in [5.41, 5.74) is 0.620. The molecule has 136 valence electrons. The average Bonchev–Trinajstić information content (AvgIpc) is 2.53. The summed E-state index contributed by atoms with van der Waals surface area (Å²) in [5.74, 6) is 0.504. The van der Waals surface area contributed by atoms with Gasteiger partial charge in [-0.2, -0.15) is 0 Å². The van der Waals surface area contributed by atoms with Gasteiger partial charge in [-0.05, 0) is 25.0 Å². The van der Waals surface area contributed by atoms with Crippen LogP contribution in [0.1, 0.15) is 26.2 Å². The van der Waals surface area contributed by atoms with Crippen molar-refractivity contribution in [3.63, 3.8) is 0 Å². The van der Waals surface area contributed by atoms with E-state index in [1.54, 1.807) is 30.4 Å². The van der Waals surface area contributed by atoms with Gasteiger partial charge in [0, 0.05) is 37.2 Å². The molecule has 0 bridgehead atoms. The Hall–Kier alpha value is -1.67. The van der Waals surface area contributed by atoms with Gasteiger partial charge in [0.05, 0.1) is 17.4 Å². The fourth-order valence-corrected chi connectivity index (χ4v) is 5.71. The number of hydrogen-bond donors (Lipinski definition) is 1. The average molecular weight is 365 g/mol. The molecule has 0 radical (unpaired) electrons. The van der Waals surface area contributed by atoms with Gasteiger partial charge in [-0.15, -0.1) is 4.40 Å². The van der Waals surface area contributed by atoms with Crippen LogP contribution in [-0.4, -0.2) is 56.6 Å². The second-order valence-corrected chi connectivity index (χ2v) is 9.15. The Kier molecular flexibility index (Phi) is 3.81. The minimum absolute atomic E-state index is 0.0337. The summed E-state index contributed by atoms with van der Waals surface area (Å²) in [5, 5.41) is 3.18. The Morgan fingerprint density at radius 2 is 2.16 bits per heavy atom. The lowest BCUT2D eigenvalue weighted by molar-refractivity contribution is -0.201. The fraction of sp³-hybridized carbons (Fsp3) is 0.647. The van der Waals surface area contributed by atoms with E-state index in [2.05, 4.69) is 16.6 Å². The SMILES string of the molecule is CO[C@@H]1[C@@H](C)[C@@H](NC(=O)C2=CN3CCS(=O)(=O)N=C3C=C2)C12CCC2. The number of nitrogens with one attached hydrogen (secondary N) is 1. The summed E-state index contributed by atoms with van der Waals surface area (Å²) in [4.78, 5) is 14.4. The molecule has 2 saturated carbocycles. The third-order valence-electron chi connectivity index (χ3n) is 6.10. The molecular formula is C17H23N3O4S. The van der Waals surface area contributed by atoms with Gasteiger partial charge in [0.1, 0.15) is 5.84 Å². The molecule has 2 heterocycles. The molecule has 2 aliphatic heterocycles. The van der Waals surface area contributed by atoms with Crippen LogP contribution in [0.4, 0.5) is 0 Å². The molecule has 0 saturated heterocycles. The van der Waals surface area contributed by atoms with Gasteiger partial charge in [0.15, 0.2) is 0 Å². The van der Waals surface area contributed by atoms with Crippen LogP contribution < -0.4 is 5.32 Å².